The first kappa shape index (κ1) is 14.1. The largest absolute Gasteiger partial charge is 0.393 e. The van der Waals surface area contributed by atoms with Gasteiger partial charge in [0.15, 0.2) is 0 Å². The van der Waals surface area contributed by atoms with Crippen LogP contribution in [0.4, 0.5) is 0 Å². The molecule has 0 spiro atoms. The average Bonchev–Trinajstić information content (AvgIpc) is 2.41. The van der Waals surface area contributed by atoms with Gasteiger partial charge in [-0.15, -0.1) is 0 Å². The second-order valence-electron chi connectivity index (χ2n) is 5.66. The molecule has 3 heteroatoms. The van der Waals surface area contributed by atoms with E-state index in [1.807, 2.05) is 11.8 Å². The number of amides is 1. The first-order chi connectivity index (χ1) is 9.06. The van der Waals surface area contributed by atoms with E-state index in [1.165, 1.54) is 11.1 Å². The summed E-state index contributed by atoms with van der Waals surface area (Å²) < 4.78 is 0. The van der Waals surface area contributed by atoms with E-state index in [4.69, 9.17) is 0 Å². The maximum Gasteiger partial charge on any atom is 0.222 e. The lowest BCUT2D eigenvalue weighted by Crippen LogP contribution is -2.45. The van der Waals surface area contributed by atoms with Crippen molar-refractivity contribution in [1.29, 1.82) is 0 Å². The summed E-state index contributed by atoms with van der Waals surface area (Å²) in [5.41, 5.74) is 2.46. The normalized spacial score (nSPS) is 23.4. The number of aliphatic hydroxyl groups excluding tert-OH is 1. The maximum absolute atomic E-state index is 12.1. The number of benzene rings is 1. The summed E-state index contributed by atoms with van der Waals surface area (Å²) in [6.07, 6.45) is 1.82. The number of nitrogens with zero attached hydrogens (tertiary/aromatic N) is 1. The lowest BCUT2D eigenvalue weighted by atomic mass is 9.96. The SMILES string of the molecule is Cc1ccc(CCC(=O)N2CCC(O)C(C)C2)cc1. The Labute approximate surface area is 115 Å². The molecule has 0 saturated carbocycles. The second kappa shape index (κ2) is 6.20. The fraction of sp³-hybridized carbons (Fsp3) is 0.562. The van der Waals surface area contributed by atoms with E-state index in [0.717, 1.165) is 6.42 Å². The smallest absolute Gasteiger partial charge is 0.222 e. The van der Waals surface area contributed by atoms with Crippen molar-refractivity contribution in [3.8, 4) is 0 Å². The molecule has 0 aromatic heterocycles. The summed E-state index contributed by atoms with van der Waals surface area (Å²) in [5.74, 6) is 0.399. The number of aryl methyl sites for hydroxylation is 2. The third-order valence-corrected chi connectivity index (χ3v) is 3.96. The third kappa shape index (κ3) is 3.80. The Kier molecular flexibility index (Phi) is 4.59. The number of aliphatic hydroxyl groups is 1. The highest BCUT2D eigenvalue weighted by Crippen LogP contribution is 2.17. The van der Waals surface area contributed by atoms with Gasteiger partial charge in [0.2, 0.25) is 5.91 Å². The van der Waals surface area contributed by atoms with Crippen LogP contribution >= 0.6 is 0 Å². The summed E-state index contributed by atoms with van der Waals surface area (Å²) in [4.78, 5) is 14.0. The fourth-order valence-electron chi connectivity index (χ4n) is 2.52. The average molecular weight is 261 g/mol. The molecular formula is C16H23NO2. The van der Waals surface area contributed by atoms with E-state index in [2.05, 4.69) is 31.2 Å². The Morgan fingerprint density at radius 3 is 2.68 bits per heavy atom. The Morgan fingerprint density at radius 2 is 2.05 bits per heavy atom. The van der Waals surface area contributed by atoms with Crippen LogP contribution in [0.3, 0.4) is 0 Å². The van der Waals surface area contributed by atoms with Crippen LogP contribution in [0, 0.1) is 12.8 Å². The van der Waals surface area contributed by atoms with Gasteiger partial charge in [0.25, 0.3) is 0 Å². The number of hydrogen-bond acceptors (Lipinski definition) is 2. The van der Waals surface area contributed by atoms with Gasteiger partial charge in [0, 0.05) is 19.5 Å². The third-order valence-electron chi connectivity index (χ3n) is 3.96. The van der Waals surface area contributed by atoms with Crippen molar-refractivity contribution in [1.82, 2.24) is 4.90 Å². The zero-order valence-corrected chi connectivity index (χ0v) is 11.8. The molecule has 1 N–H and O–H groups in total. The molecule has 2 unspecified atom stereocenters. The van der Waals surface area contributed by atoms with E-state index < -0.39 is 0 Å². The minimum atomic E-state index is -0.249. The van der Waals surface area contributed by atoms with E-state index in [9.17, 15) is 9.90 Å². The summed E-state index contributed by atoms with van der Waals surface area (Å²) >= 11 is 0. The molecule has 1 amide bonds. The van der Waals surface area contributed by atoms with Crippen LogP contribution in [0.2, 0.25) is 0 Å². The molecule has 2 atom stereocenters. The minimum Gasteiger partial charge on any atom is -0.393 e. The van der Waals surface area contributed by atoms with Crippen LogP contribution in [0.5, 0.6) is 0 Å². The molecule has 1 heterocycles. The van der Waals surface area contributed by atoms with Crippen LogP contribution < -0.4 is 0 Å². The number of carbonyl (C=O) groups excluding carboxylic acids is 1. The van der Waals surface area contributed by atoms with Crippen molar-refractivity contribution >= 4 is 5.91 Å². The molecule has 0 radical (unpaired) electrons. The van der Waals surface area contributed by atoms with Crippen molar-refractivity contribution in [3.05, 3.63) is 35.4 Å². The van der Waals surface area contributed by atoms with Gasteiger partial charge >= 0.3 is 0 Å². The minimum absolute atomic E-state index is 0.192. The number of hydrogen-bond donors (Lipinski definition) is 1. The van der Waals surface area contributed by atoms with Gasteiger partial charge in [-0.1, -0.05) is 36.8 Å². The van der Waals surface area contributed by atoms with Gasteiger partial charge in [-0.2, -0.15) is 0 Å². The van der Waals surface area contributed by atoms with Crippen molar-refractivity contribution in [2.45, 2.75) is 39.2 Å². The summed E-state index contributed by atoms with van der Waals surface area (Å²) in [5, 5.41) is 9.67. The van der Waals surface area contributed by atoms with Crippen molar-refractivity contribution in [2.75, 3.05) is 13.1 Å². The molecule has 19 heavy (non-hydrogen) atoms. The highest BCUT2D eigenvalue weighted by atomic mass is 16.3. The zero-order chi connectivity index (χ0) is 13.8. The monoisotopic (exact) mass is 261 g/mol. The van der Waals surface area contributed by atoms with Crippen LogP contribution in [0.15, 0.2) is 24.3 Å². The van der Waals surface area contributed by atoms with Gasteiger partial charge in [-0.3, -0.25) is 4.79 Å². The van der Waals surface area contributed by atoms with Gasteiger partial charge in [0.1, 0.15) is 0 Å². The van der Waals surface area contributed by atoms with E-state index in [1.54, 1.807) is 0 Å². The molecule has 0 aliphatic carbocycles. The molecule has 1 fully saturated rings. The molecule has 104 valence electrons. The Hall–Kier alpha value is -1.35. The Bertz CT molecular complexity index is 427. The van der Waals surface area contributed by atoms with Gasteiger partial charge < -0.3 is 10.0 Å². The highest BCUT2D eigenvalue weighted by Gasteiger charge is 2.26. The topological polar surface area (TPSA) is 40.5 Å². The quantitative estimate of drug-likeness (QED) is 0.905. The summed E-state index contributed by atoms with van der Waals surface area (Å²) in [6.45, 7) is 5.45. The van der Waals surface area contributed by atoms with E-state index in [-0.39, 0.29) is 17.9 Å². The lowest BCUT2D eigenvalue weighted by Gasteiger charge is -2.34. The van der Waals surface area contributed by atoms with Crippen molar-refractivity contribution in [2.24, 2.45) is 5.92 Å². The molecular weight excluding hydrogens is 238 g/mol. The van der Waals surface area contributed by atoms with E-state index in [0.29, 0.717) is 25.9 Å². The molecule has 0 bridgehead atoms. The highest BCUT2D eigenvalue weighted by molar-refractivity contribution is 5.76. The zero-order valence-electron chi connectivity index (χ0n) is 11.8. The van der Waals surface area contributed by atoms with Gasteiger partial charge in [-0.05, 0) is 31.2 Å². The number of likely N-dealkylation sites (tertiary alicyclic amines) is 1. The first-order valence-corrected chi connectivity index (χ1v) is 7.07. The Balaban J connectivity index is 1.83. The molecule has 1 aromatic carbocycles. The molecule has 1 aliphatic rings. The summed E-state index contributed by atoms with van der Waals surface area (Å²) in [6, 6.07) is 8.34. The molecule has 3 nitrogen and oxygen atoms in total. The predicted molar refractivity (Wildman–Crippen MR) is 75.9 cm³/mol. The first-order valence-electron chi connectivity index (χ1n) is 7.07. The Morgan fingerprint density at radius 1 is 1.37 bits per heavy atom. The maximum atomic E-state index is 12.1. The van der Waals surface area contributed by atoms with Crippen LogP contribution in [-0.4, -0.2) is 35.1 Å². The van der Waals surface area contributed by atoms with Crippen molar-refractivity contribution < 1.29 is 9.90 Å². The van der Waals surface area contributed by atoms with Crippen LogP contribution in [0.1, 0.15) is 30.9 Å². The van der Waals surface area contributed by atoms with Crippen LogP contribution in [0.25, 0.3) is 0 Å². The number of rotatable bonds is 3. The van der Waals surface area contributed by atoms with Crippen LogP contribution in [-0.2, 0) is 11.2 Å². The number of carbonyl (C=O) groups is 1. The molecule has 1 saturated heterocycles. The fourth-order valence-corrected chi connectivity index (χ4v) is 2.52. The predicted octanol–water partition coefficient (Wildman–Crippen LogP) is 2.16. The van der Waals surface area contributed by atoms with Gasteiger partial charge in [-0.25, -0.2) is 0 Å². The van der Waals surface area contributed by atoms with Gasteiger partial charge in [0.05, 0.1) is 6.10 Å². The molecule has 2 rings (SSSR count). The second-order valence-corrected chi connectivity index (χ2v) is 5.66. The van der Waals surface area contributed by atoms with E-state index >= 15 is 0 Å². The van der Waals surface area contributed by atoms with Crippen molar-refractivity contribution in [3.63, 3.8) is 0 Å². The summed E-state index contributed by atoms with van der Waals surface area (Å²) in [7, 11) is 0. The molecule has 1 aliphatic heterocycles. The standard InChI is InChI=1S/C16H23NO2/c1-12-3-5-14(6-4-12)7-8-16(19)17-10-9-15(18)13(2)11-17/h3-6,13,15,18H,7-11H2,1-2H3. The molecule has 1 aromatic rings. The number of piperidine rings is 1. The lowest BCUT2D eigenvalue weighted by molar-refractivity contribution is -0.134.